The Hall–Kier alpha value is -4.93. The summed E-state index contributed by atoms with van der Waals surface area (Å²) >= 11 is 25.6. The molecule has 1 radical (unpaired) electrons. The van der Waals surface area contributed by atoms with Crippen LogP contribution in [0.4, 0.5) is 39.8 Å². The van der Waals surface area contributed by atoms with Crippen LogP contribution in [0.5, 0.6) is 0 Å². The summed E-state index contributed by atoms with van der Waals surface area (Å²) in [6.45, 7) is 84.4. The molecule has 7 aromatic rings. The molecule has 128 heavy (non-hydrogen) atoms. The topological polar surface area (TPSA) is 136 Å². The van der Waals surface area contributed by atoms with Gasteiger partial charge in [0.05, 0.1) is 37.3 Å². The van der Waals surface area contributed by atoms with Crippen LogP contribution in [-0.4, -0.2) is 113 Å². The van der Waals surface area contributed by atoms with E-state index in [9.17, 15) is 19.8 Å². The van der Waals surface area contributed by atoms with Gasteiger partial charge in [0, 0.05) is 118 Å². The zero-order chi connectivity index (χ0) is 96.7. The fraction of sp³-hybridized carbons (Fsp3) is 0.442. The quantitative estimate of drug-likeness (QED) is 0.0427. The number of carbonyl (C=O) groups is 2. The zero-order valence-electron chi connectivity index (χ0n) is 83.9. The Morgan fingerprint density at radius 1 is 0.375 bits per heavy atom. The van der Waals surface area contributed by atoms with E-state index in [1.54, 1.807) is 0 Å². The van der Waals surface area contributed by atoms with Gasteiger partial charge in [0.2, 0.25) is 0 Å². The number of rotatable bonds is 2. The first-order chi connectivity index (χ1) is 57.9. The van der Waals surface area contributed by atoms with Crippen LogP contribution >= 0.6 is 148 Å². The number of likely N-dealkylation sites (N-methyl/N-ethyl adjacent to an activating group) is 1. The van der Waals surface area contributed by atoms with Crippen LogP contribution in [-0.2, 0) is 9.59 Å². The molecule has 0 amide bonds. The van der Waals surface area contributed by atoms with Crippen molar-refractivity contribution in [3.63, 3.8) is 0 Å². The number of hydrogen-bond acceptors (Lipinski definition) is 11. The first-order valence-corrected chi connectivity index (χ1v) is 48.6. The van der Waals surface area contributed by atoms with Gasteiger partial charge in [-0.1, -0.05) is 365 Å². The Bertz CT molecular complexity index is 4740. The van der Waals surface area contributed by atoms with Crippen molar-refractivity contribution in [3.05, 3.63) is 254 Å². The normalized spacial score (nSPS) is 18.9. The number of carboxylic acid groups (broad SMARTS) is 2. The Balaban J connectivity index is -0.000000444. The van der Waals surface area contributed by atoms with E-state index in [4.69, 9.17) is 0 Å². The van der Waals surface area contributed by atoms with E-state index in [1.807, 2.05) is 215 Å². The van der Waals surface area contributed by atoms with E-state index in [-0.39, 0.29) is 78.6 Å². The predicted molar refractivity (Wildman–Crippen MR) is 626 cm³/mol. The van der Waals surface area contributed by atoms with Crippen molar-refractivity contribution in [2.24, 2.45) is 16.1 Å². The van der Waals surface area contributed by atoms with Gasteiger partial charge in [-0.15, -0.1) is 0 Å². The molecule has 0 saturated carbocycles. The summed E-state index contributed by atoms with van der Waals surface area (Å²) in [6.07, 6.45) is 2.33. The van der Waals surface area contributed by atoms with Crippen LogP contribution in [0.2, 0.25) is 0 Å². The third kappa shape index (κ3) is 30.8. The molecule has 7 aliphatic heterocycles. The van der Waals surface area contributed by atoms with Crippen molar-refractivity contribution < 1.29 is 19.8 Å². The third-order valence-electron chi connectivity index (χ3n) is 22.5. The summed E-state index contributed by atoms with van der Waals surface area (Å²) in [4.78, 5) is 32.3. The molecule has 0 saturated heterocycles. The molecule has 0 aromatic heterocycles. The minimum absolute atomic E-state index is 0. The molecule has 7 heterocycles. The first kappa shape index (κ1) is 132. The van der Waals surface area contributed by atoms with Crippen LogP contribution in [0.3, 0.4) is 0 Å². The Morgan fingerprint density at radius 2 is 0.648 bits per heavy atom. The van der Waals surface area contributed by atoms with Crippen LogP contribution in [0.25, 0.3) is 39.0 Å². The minimum atomic E-state index is -0.836. The number of alkyl halides is 6. The van der Waals surface area contributed by atoms with E-state index < -0.39 is 34.9 Å². The number of benzene rings is 7. The maximum absolute atomic E-state index is 11.4. The number of aliphatic carboxylic acids is 2. The van der Waals surface area contributed by atoms with E-state index in [1.165, 1.54) is 56.1 Å². The molecule has 7 aromatic carbocycles. The number of thiol groups is 1. The number of nitrogens with zero attached hydrogens (tertiary/aromatic N) is 5. The molecule has 5 N–H and O–H groups in total. The van der Waals surface area contributed by atoms with Crippen LogP contribution < -0.4 is 35.6 Å². The van der Waals surface area contributed by atoms with Crippen LogP contribution in [0, 0.1) is 11.8 Å². The average Bonchev–Trinajstić information content (AvgIpc) is 0.766. The second-order valence-corrected chi connectivity index (χ2v) is 41.3. The first-order valence-electron chi connectivity index (χ1n) is 43.2. The van der Waals surface area contributed by atoms with Crippen molar-refractivity contribution in [3.8, 4) is 0 Å². The number of nitrogens with one attached hydrogen (secondary N) is 3. The summed E-state index contributed by atoms with van der Waals surface area (Å²) in [5.74, 6) is -2.83. The average molecular weight is 2230 g/mol. The van der Waals surface area contributed by atoms with Crippen LogP contribution in [0.1, 0.15) is 240 Å². The van der Waals surface area contributed by atoms with E-state index >= 15 is 0 Å². The number of anilines is 7. The fourth-order valence-electron chi connectivity index (χ4n) is 14.9. The predicted octanol–water partition coefficient (Wildman–Crippen LogP) is 32.3. The number of allylic oxidation sites excluding steroid dienone is 1. The molecule has 0 spiro atoms. The van der Waals surface area contributed by atoms with E-state index in [0.717, 1.165) is 50.5 Å². The molecule has 12 nitrogen and oxygen atoms in total. The van der Waals surface area contributed by atoms with Crippen molar-refractivity contribution in [1.29, 1.82) is 0 Å². The zero-order valence-corrected chi connectivity index (χ0v) is 99.9. The van der Waals surface area contributed by atoms with Gasteiger partial charge in [-0.25, -0.2) is 0 Å². The molecule has 0 fully saturated rings. The molecule has 0 aliphatic carbocycles. The summed E-state index contributed by atoms with van der Waals surface area (Å²) in [5.41, 5.74) is 22.4. The van der Waals surface area contributed by atoms with Crippen LogP contribution in [0.15, 0.2) is 220 Å². The number of halogens is 6. The molecule has 7 aliphatic rings. The summed E-state index contributed by atoms with van der Waals surface area (Å²) < 4.78 is 2.09. The van der Waals surface area contributed by atoms with Crippen molar-refractivity contribution in [2.45, 2.75) is 256 Å². The molecule has 8 unspecified atom stereocenters. The molecule has 8 atom stereocenters. The second kappa shape index (κ2) is 58.4. The molecule has 0 bridgehead atoms. The summed E-state index contributed by atoms with van der Waals surface area (Å²) in [6, 6.07) is 57.3. The van der Waals surface area contributed by atoms with Gasteiger partial charge in [-0.2, -0.15) is 39.6 Å². The molecule has 14 rings (SSSR count). The number of fused-ring (bicyclic) bond motifs is 7. The molecular formula is C104H162BBr6N8O4P4S. The fourth-order valence-corrected chi connectivity index (χ4v) is 17.4. The van der Waals surface area contributed by atoms with Gasteiger partial charge in [-0.05, 0) is 185 Å². The molecular weight excluding hydrogens is 2070 g/mol. The maximum atomic E-state index is 11.4. The Labute approximate surface area is 848 Å². The van der Waals surface area contributed by atoms with Gasteiger partial charge in [0.15, 0.2) is 0 Å². The van der Waals surface area contributed by atoms with E-state index in [2.05, 4.69) is 385 Å². The van der Waals surface area contributed by atoms with Crippen molar-refractivity contribution in [2.75, 3.05) is 63.7 Å². The molecule has 24 heteroatoms. The van der Waals surface area contributed by atoms with Crippen molar-refractivity contribution >= 4 is 246 Å². The van der Waals surface area contributed by atoms with Gasteiger partial charge in [0.1, 0.15) is 18.3 Å². The Morgan fingerprint density at radius 3 is 1.04 bits per heavy atom. The third-order valence-corrected chi connectivity index (χ3v) is 31.7. The standard InChI is InChI=1S/C14H17NO2.C13H15Br2N.C13H16BrN.C13H15NO2.C13H17N.C12H13Br2N.C12H14BrN.7C2H6.BHNS.4H3P/c1-9-10-7-5-6-8-11(10)15(4)14(2,3)12(9)13(16)17;1-9-10-7-5-6-8-11(10)16(4)12(2,3)13(9,14)15;1-9-10-7-5-6-8-11(10)15(4)13(2,3)12(9)14;1-8-9-6-4-5-7-10(9)14-13(2,3)11(8)12(15)16;1-10-9-13(2,3)14(4)12-8-6-5-7-11(10)12;1-8-9-6-4-5-7-10(9)15-11(2,3)12(8,13)14;1-8-9-6-4-5-7-10(9)14-12(2,3)11(8)13;7*1-2;1-2-3;;;;/h5-8,12H,1H2,2-4H3,(H,16,17);5-8H,1H2,2-4H3;5-8,12H,1H2,2-4H3;4-7,11,14H,1H2,2-3H3,(H,15,16);5-9H,1-4H3;4-7,15H,1H2,2-3H3;4-7,11,14H,1H2,2-3H3;7*1-2H3;3H;4*1H3. The number of para-hydroxylation sites is 7. The monoisotopic (exact) mass is 2230 g/mol. The summed E-state index contributed by atoms with van der Waals surface area (Å²) in [7, 11) is 12.7. The van der Waals surface area contributed by atoms with E-state index in [0.29, 0.717) is 16.0 Å². The van der Waals surface area contributed by atoms with Gasteiger partial charge < -0.3 is 45.8 Å². The van der Waals surface area contributed by atoms with Gasteiger partial charge in [0.25, 0.3) is 0 Å². The Kier molecular flexibility index (Phi) is 60.0. The number of hydrogen-bond donors (Lipinski definition) is 6. The number of carboxylic acids is 2. The van der Waals surface area contributed by atoms with Crippen molar-refractivity contribution in [1.82, 2.24) is 0 Å². The second-order valence-electron chi connectivity index (χ2n) is 32.3. The SMILES string of the molecule is C=C1c2ccccc2N(C)C(C)(C)C1(Br)Br.C=C1c2ccccc2N(C)C(C)(C)C1Br.C=C1c2ccccc2N(C)C(C)(C)C1C(=O)O.C=C1c2ccccc2NC(C)(C)C1(Br)Br.C=C1c2ccccc2NC(C)(C)C1Br.C=C1c2ccccc2NC(C)(C)C1C(=O)O.CC.CC.CC.CC.CC.CC.CC.CC1=CC(C)(C)N(C)c2ccccc21.P.P.P.P.[B]=NS. The van der Waals surface area contributed by atoms with Gasteiger partial charge in [-0.3, -0.25) is 9.59 Å². The summed E-state index contributed by atoms with van der Waals surface area (Å²) in [5, 5.41) is 28.9. The molecule has 713 valence electrons. The van der Waals surface area contributed by atoms with Gasteiger partial charge >= 0.3 is 36.7 Å².